The van der Waals surface area contributed by atoms with E-state index in [1.165, 1.54) is 75.6 Å². The highest BCUT2D eigenvalue weighted by molar-refractivity contribution is 7.19. The average Bonchev–Trinajstić information content (AvgIpc) is 3.76. The van der Waals surface area contributed by atoms with Crippen molar-refractivity contribution in [1.29, 1.82) is 0 Å². The summed E-state index contributed by atoms with van der Waals surface area (Å²) in [7, 11) is -2.64. The SMILES string of the molecule is c1ccc(-n2c3ccccc3c3c(N(c4ccc(-c5ccc([Si](c6ccccc6)(c6ccccc6)c6ccccc6)cc5)cc4)c4cccc(-c5ccc6ccccc6c5)c4)cccc32)cc1. The van der Waals surface area contributed by atoms with Crippen LogP contribution in [0.5, 0.6) is 0 Å². The molecule has 0 aliphatic heterocycles. The molecular weight excluding hydrogens is 825 g/mol. The molecule has 0 bridgehead atoms. The Labute approximate surface area is 392 Å². The predicted molar refractivity (Wildman–Crippen MR) is 287 cm³/mol. The van der Waals surface area contributed by atoms with Crippen molar-refractivity contribution in [3.8, 4) is 27.9 Å². The van der Waals surface area contributed by atoms with E-state index in [0.717, 1.165) is 22.7 Å². The molecular formula is C64H46N2Si. The molecule has 0 saturated heterocycles. The third kappa shape index (κ3) is 7.05. The number of benzene rings is 11. The van der Waals surface area contributed by atoms with Crippen LogP contribution < -0.4 is 25.6 Å². The molecule has 67 heavy (non-hydrogen) atoms. The minimum Gasteiger partial charge on any atom is -0.310 e. The Balaban J connectivity index is 0.997. The monoisotopic (exact) mass is 870 g/mol. The molecule has 12 aromatic rings. The van der Waals surface area contributed by atoms with Crippen LogP contribution in [0.3, 0.4) is 0 Å². The third-order valence-corrected chi connectivity index (χ3v) is 18.3. The standard InChI is InChI=1S/C64H46N2Si/c1-5-22-53(23-6-1)66-61-32-16-15-31-60(61)64-62(33-18-34-63(64)66)65(55-24-17-21-51(46-55)52-36-35-47-19-13-14-20-50(47)45-52)54-41-37-48(38-42-54)49-39-43-59(44-40-49)67(56-25-7-2-8-26-56,57-27-9-3-10-28-57)58-29-11-4-12-30-58/h1-46H. The number of aromatic nitrogens is 1. The second-order valence-corrected chi connectivity index (χ2v) is 21.1. The Hall–Kier alpha value is -8.50. The first kappa shape index (κ1) is 40.0. The molecule has 0 spiro atoms. The lowest BCUT2D eigenvalue weighted by atomic mass is 10.00. The molecule has 0 N–H and O–H groups in total. The van der Waals surface area contributed by atoms with Crippen molar-refractivity contribution >= 4 is 78.5 Å². The summed E-state index contributed by atoms with van der Waals surface area (Å²) < 4.78 is 2.40. The first-order chi connectivity index (χ1) is 33.2. The Kier molecular flexibility index (Phi) is 10.2. The van der Waals surface area contributed by atoms with Crippen molar-refractivity contribution < 1.29 is 0 Å². The van der Waals surface area contributed by atoms with E-state index in [1.807, 2.05) is 0 Å². The number of rotatable bonds is 10. The van der Waals surface area contributed by atoms with Crippen LogP contribution in [0.15, 0.2) is 279 Å². The zero-order valence-corrected chi connectivity index (χ0v) is 38.0. The first-order valence-electron chi connectivity index (χ1n) is 23.1. The predicted octanol–water partition coefficient (Wildman–Crippen LogP) is 14.1. The smallest absolute Gasteiger partial charge is 0.179 e. The van der Waals surface area contributed by atoms with Crippen molar-refractivity contribution in [1.82, 2.24) is 4.57 Å². The van der Waals surface area contributed by atoms with E-state index in [9.17, 15) is 0 Å². The number of para-hydroxylation sites is 2. The van der Waals surface area contributed by atoms with Crippen LogP contribution in [0.25, 0.3) is 60.5 Å². The molecule has 0 fully saturated rings. The summed E-state index contributed by atoms with van der Waals surface area (Å²) >= 11 is 0. The molecule has 11 aromatic carbocycles. The largest absolute Gasteiger partial charge is 0.310 e. The van der Waals surface area contributed by atoms with Gasteiger partial charge in [-0.25, -0.2) is 0 Å². The fraction of sp³-hybridized carbons (Fsp3) is 0. The van der Waals surface area contributed by atoms with Crippen LogP contribution in [0, 0.1) is 0 Å². The number of nitrogens with zero attached hydrogens (tertiary/aromatic N) is 2. The quantitative estimate of drug-likeness (QED) is 0.0982. The Bertz CT molecular complexity index is 3560. The van der Waals surface area contributed by atoms with Crippen molar-refractivity contribution in [3.05, 3.63) is 279 Å². The van der Waals surface area contributed by atoms with E-state index in [4.69, 9.17) is 0 Å². The molecule has 0 radical (unpaired) electrons. The van der Waals surface area contributed by atoms with Gasteiger partial charge in [-0.05, 0) is 114 Å². The zero-order valence-electron chi connectivity index (χ0n) is 37.0. The minimum atomic E-state index is -2.64. The van der Waals surface area contributed by atoms with Gasteiger partial charge in [0, 0.05) is 27.8 Å². The van der Waals surface area contributed by atoms with Gasteiger partial charge in [0.1, 0.15) is 0 Å². The summed E-state index contributed by atoms with van der Waals surface area (Å²) in [6.45, 7) is 0. The van der Waals surface area contributed by atoms with Gasteiger partial charge in [-0.1, -0.05) is 218 Å². The maximum atomic E-state index is 2.45. The maximum absolute atomic E-state index is 2.64. The number of hydrogen-bond donors (Lipinski definition) is 0. The Morgan fingerprint density at radius 1 is 0.299 bits per heavy atom. The molecule has 12 rings (SSSR count). The fourth-order valence-electron chi connectivity index (χ4n) is 10.4. The Morgan fingerprint density at radius 3 is 1.45 bits per heavy atom. The molecule has 1 aromatic heterocycles. The van der Waals surface area contributed by atoms with Gasteiger partial charge in [0.25, 0.3) is 0 Å². The van der Waals surface area contributed by atoms with Gasteiger partial charge >= 0.3 is 0 Å². The summed E-state index contributed by atoms with van der Waals surface area (Å²) in [5, 5.41) is 10.4. The summed E-state index contributed by atoms with van der Waals surface area (Å²) in [6, 6.07) is 103. The van der Waals surface area contributed by atoms with Gasteiger partial charge in [-0.2, -0.15) is 0 Å². The highest BCUT2D eigenvalue weighted by atomic mass is 28.3. The fourth-order valence-corrected chi connectivity index (χ4v) is 15.2. The summed E-state index contributed by atoms with van der Waals surface area (Å²) in [4.78, 5) is 2.45. The molecule has 3 heteroatoms. The number of anilines is 3. The van der Waals surface area contributed by atoms with E-state index in [0.29, 0.717) is 0 Å². The second kappa shape index (κ2) is 17.1. The van der Waals surface area contributed by atoms with Crippen molar-refractivity contribution in [2.75, 3.05) is 4.90 Å². The molecule has 0 saturated carbocycles. The first-order valence-corrected chi connectivity index (χ1v) is 25.1. The van der Waals surface area contributed by atoms with Crippen LogP contribution >= 0.6 is 0 Å². The van der Waals surface area contributed by atoms with Crippen molar-refractivity contribution in [2.45, 2.75) is 0 Å². The van der Waals surface area contributed by atoms with Crippen LogP contribution in [0.4, 0.5) is 17.1 Å². The maximum Gasteiger partial charge on any atom is 0.179 e. The highest BCUT2D eigenvalue weighted by Crippen LogP contribution is 2.45. The van der Waals surface area contributed by atoms with E-state index < -0.39 is 8.07 Å². The summed E-state index contributed by atoms with van der Waals surface area (Å²) in [6.07, 6.45) is 0. The third-order valence-electron chi connectivity index (χ3n) is 13.5. The van der Waals surface area contributed by atoms with E-state index >= 15 is 0 Å². The van der Waals surface area contributed by atoms with Crippen LogP contribution in [-0.4, -0.2) is 12.6 Å². The molecule has 2 nitrogen and oxygen atoms in total. The van der Waals surface area contributed by atoms with E-state index in [1.54, 1.807) is 0 Å². The van der Waals surface area contributed by atoms with Gasteiger partial charge in [0.15, 0.2) is 8.07 Å². The molecule has 0 amide bonds. The average molecular weight is 871 g/mol. The van der Waals surface area contributed by atoms with Crippen molar-refractivity contribution in [3.63, 3.8) is 0 Å². The molecule has 0 aliphatic carbocycles. The topological polar surface area (TPSA) is 8.17 Å². The lowest BCUT2D eigenvalue weighted by molar-refractivity contribution is 1.18. The van der Waals surface area contributed by atoms with Crippen LogP contribution in [0.2, 0.25) is 0 Å². The minimum absolute atomic E-state index is 1.09. The van der Waals surface area contributed by atoms with Gasteiger partial charge < -0.3 is 9.47 Å². The Morgan fingerprint density at radius 2 is 0.791 bits per heavy atom. The normalized spacial score (nSPS) is 11.6. The van der Waals surface area contributed by atoms with E-state index in [-0.39, 0.29) is 0 Å². The van der Waals surface area contributed by atoms with Gasteiger partial charge in [0.05, 0.1) is 16.7 Å². The molecule has 316 valence electrons. The lowest BCUT2D eigenvalue weighted by Gasteiger charge is -2.34. The van der Waals surface area contributed by atoms with Gasteiger partial charge in [-0.3, -0.25) is 0 Å². The van der Waals surface area contributed by atoms with Gasteiger partial charge in [-0.15, -0.1) is 0 Å². The van der Waals surface area contributed by atoms with Gasteiger partial charge in [0.2, 0.25) is 0 Å². The summed E-state index contributed by atoms with van der Waals surface area (Å²) in [5.41, 5.74) is 11.5. The molecule has 0 aliphatic rings. The second-order valence-electron chi connectivity index (χ2n) is 17.3. The van der Waals surface area contributed by atoms with E-state index in [2.05, 4.69) is 289 Å². The molecule has 0 unspecified atom stereocenters. The van der Waals surface area contributed by atoms with Crippen LogP contribution in [-0.2, 0) is 0 Å². The number of hydrogen-bond acceptors (Lipinski definition) is 1. The highest BCUT2D eigenvalue weighted by Gasteiger charge is 2.41. The molecule has 1 heterocycles. The lowest BCUT2D eigenvalue weighted by Crippen LogP contribution is -2.74. The van der Waals surface area contributed by atoms with Crippen LogP contribution in [0.1, 0.15) is 0 Å². The summed E-state index contributed by atoms with van der Waals surface area (Å²) in [5.74, 6) is 0. The zero-order chi connectivity index (χ0) is 44.6. The molecule has 0 atom stereocenters. The number of fused-ring (bicyclic) bond motifs is 4. The van der Waals surface area contributed by atoms with Crippen molar-refractivity contribution in [2.24, 2.45) is 0 Å².